The second-order valence-corrected chi connectivity index (χ2v) is 5.73. The number of nitrogens with one attached hydrogen (secondary N) is 1. The molecule has 108 valence electrons. The molecule has 0 radical (unpaired) electrons. The van der Waals surface area contributed by atoms with E-state index in [9.17, 15) is 4.79 Å². The molecular weight excluding hydrogens is 286 g/mol. The first-order valence-electron chi connectivity index (χ1n) is 6.93. The standard InChI is InChI=1S/C17H16ClNO2/c18-15-8-6-14(7-9-15)17(10-11-17)16(20)19-21-12-13-4-2-1-3-5-13/h1-9H,10-12H2,(H,19,20). The minimum atomic E-state index is -0.443. The summed E-state index contributed by atoms with van der Waals surface area (Å²) in [5, 5.41) is 0.676. The third-order valence-electron chi connectivity index (χ3n) is 3.83. The molecule has 0 saturated heterocycles. The summed E-state index contributed by atoms with van der Waals surface area (Å²) in [7, 11) is 0. The molecule has 0 aliphatic heterocycles. The summed E-state index contributed by atoms with van der Waals surface area (Å²) < 4.78 is 0. The Hall–Kier alpha value is -1.84. The van der Waals surface area contributed by atoms with Gasteiger partial charge in [-0.3, -0.25) is 9.63 Å². The van der Waals surface area contributed by atoms with Gasteiger partial charge in [-0.25, -0.2) is 5.48 Å². The highest BCUT2D eigenvalue weighted by molar-refractivity contribution is 6.30. The second-order valence-electron chi connectivity index (χ2n) is 5.29. The molecule has 21 heavy (non-hydrogen) atoms. The molecule has 0 spiro atoms. The largest absolute Gasteiger partial charge is 0.272 e. The molecule has 4 heteroatoms. The first-order chi connectivity index (χ1) is 10.2. The maximum absolute atomic E-state index is 12.3. The van der Waals surface area contributed by atoms with Crippen molar-refractivity contribution >= 4 is 17.5 Å². The molecule has 1 aliphatic rings. The monoisotopic (exact) mass is 301 g/mol. The van der Waals surface area contributed by atoms with Gasteiger partial charge in [0.25, 0.3) is 5.91 Å². The quantitative estimate of drug-likeness (QED) is 0.857. The van der Waals surface area contributed by atoms with Crippen LogP contribution in [0.25, 0.3) is 0 Å². The number of halogens is 1. The van der Waals surface area contributed by atoms with Gasteiger partial charge in [-0.15, -0.1) is 0 Å². The van der Waals surface area contributed by atoms with Crippen LogP contribution in [0.5, 0.6) is 0 Å². The molecule has 1 saturated carbocycles. The maximum Gasteiger partial charge on any atom is 0.254 e. The van der Waals surface area contributed by atoms with E-state index in [-0.39, 0.29) is 5.91 Å². The minimum Gasteiger partial charge on any atom is -0.272 e. The van der Waals surface area contributed by atoms with Crippen molar-refractivity contribution in [1.82, 2.24) is 5.48 Å². The van der Waals surface area contributed by atoms with Gasteiger partial charge in [-0.2, -0.15) is 0 Å². The molecule has 0 aromatic heterocycles. The number of rotatable bonds is 5. The van der Waals surface area contributed by atoms with Gasteiger partial charge in [0.1, 0.15) is 0 Å². The molecule has 0 unspecified atom stereocenters. The predicted molar refractivity (Wildman–Crippen MR) is 81.7 cm³/mol. The number of amides is 1. The molecule has 1 amide bonds. The van der Waals surface area contributed by atoms with Crippen molar-refractivity contribution < 1.29 is 9.63 Å². The zero-order valence-electron chi connectivity index (χ0n) is 11.5. The van der Waals surface area contributed by atoms with Crippen LogP contribution < -0.4 is 5.48 Å². The third-order valence-corrected chi connectivity index (χ3v) is 4.08. The first-order valence-corrected chi connectivity index (χ1v) is 7.31. The lowest BCUT2D eigenvalue weighted by atomic mass is 9.95. The molecule has 1 N–H and O–H groups in total. The van der Waals surface area contributed by atoms with E-state index in [4.69, 9.17) is 16.4 Å². The summed E-state index contributed by atoms with van der Waals surface area (Å²) >= 11 is 5.89. The number of carbonyl (C=O) groups excluding carboxylic acids is 1. The molecule has 0 heterocycles. The SMILES string of the molecule is O=C(NOCc1ccccc1)C1(c2ccc(Cl)cc2)CC1. The van der Waals surface area contributed by atoms with E-state index < -0.39 is 5.41 Å². The Labute approximate surface area is 128 Å². The highest BCUT2D eigenvalue weighted by Crippen LogP contribution is 2.48. The van der Waals surface area contributed by atoms with Gasteiger partial charge in [0, 0.05) is 5.02 Å². The van der Waals surface area contributed by atoms with Crippen LogP contribution in [0.4, 0.5) is 0 Å². The van der Waals surface area contributed by atoms with Crippen molar-refractivity contribution in [2.24, 2.45) is 0 Å². The summed E-state index contributed by atoms with van der Waals surface area (Å²) in [6.07, 6.45) is 1.68. The molecule has 1 fully saturated rings. The average Bonchev–Trinajstić information content (AvgIpc) is 3.31. The van der Waals surface area contributed by atoms with Crippen molar-refractivity contribution in [1.29, 1.82) is 0 Å². The number of hydrogen-bond acceptors (Lipinski definition) is 2. The Bertz CT molecular complexity index is 621. The van der Waals surface area contributed by atoms with Crippen LogP contribution in [0, 0.1) is 0 Å². The van der Waals surface area contributed by atoms with E-state index in [1.807, 2.05) is 54.6 Å². The first kappa shape index (κ1) is 14.1. The van der Waals surface area contributed by atoms with Crippen LogP contribution in [0.3, 0.4) is 0 Å². The van der Waals surface area contributed by atoms with Gasteiger partial charge in [0.2, 0.25) is 0 Å². The summed E-state index contributed by atoms with van der Waals surface area (Å²) in [6, 6.07) is 17.2. The number of benzene rings is 2. The van der Waals surface area contributed by atoms with Crippen LogP contribution in [0.15, 0.2) is 54.6 Å². The average molecular weight is 302 g/mol. The summed E-state index contributed by atoms with van der Waals surface area (Å²) in [5.41, 5.74) is 4.15. The topological polar surface area (TPSA) is 38.3 Å². The van der Waals surface area contributed by atoms with Gasteiger partial charge < -0.3 is 0 Å². The molecular formula is C17H16ClNO2. The normalized spacial score (nSPS) is 15.5. The fourth-order valence-corrected chi connectivity index (χ4v) is 2.52. The van der Waals surface area contributed by atoms with Gasteiger partial charge in [0.15, 0.2) is 0 Å². The predicted octanol–water partition coefficient (Wildman–Crippen LogP) is 3.62. The Balaban J connectivity index is 1.59. The van der Waals surface area contributed by atoms with Crippen LogP contribution in [-0.2, 0) is 21.7 Å². The second kappa shape index (κ2) is 5.88. The smallest absolute Gasteiger partial charge is 0.254 e. The minimum absolute atomic E-state index is 0.0826. The van der Waals surface area contributed by atoms with Crippen molar-refractivity contribution in [2.75, 3.05) is 0 Å². The van der Waals surface area contributed by atoms with Gasteiger partial charge in [-0.1, -0.05) is 54.1 Å². The van der Waals surface area contributed by atoms with Gasteiger partial charge in [0.05, 0.1) is 12.0 Å². The Morgan fingerprint density at radius 2 is 1.76 bits per heavy atom. The molecule has 1 aliphatic carbocycles. The highest BCUT2D eigenvalue weighted by atomic mass is 35.5. The van der Waals surface area contributed by atoms with Gasteiger partial charge >= 0.3 is 0 Å². The molecule has 2 aromatic rings. The van der Waals surface area contributed by atoms with E-state index >= 15 is 0 Å². The van der Waals surface area contributed by atoms with Crippen molar-refractivity contribution in [3.05, 3.63) is 70.7 Å². The lowest BCUT2D eigenvalue weighted by molar-refractivity contribution is -0.137. The summed E-state index contributed by atoms with van der Waals surface area (Å²) in [6.45, 7) is 0.364. The van der Waals surface area contributed by atoms with Crippen molar-refractivity contribution in [2.45, 2.75) is 24.9 Å². The van der Waals surface area contributed by atoms with E-state index in [1.165, 1.54) is 0 Å². The molecule has 3 rings (SSSR count). The van der Waals surface area contributed by atoms with Crippen molar-refractivity contribution in [3.63, 3.8) is 0 Å². The fraction of sp³-hybridized carbons (Fsp3) is 0.235. The Morgan fingerprint density at radius 1 is 1.10 bits per heavy atom. The molecule has 0 bridgehead atoms. The fourth-order valence-electron chi connectivity index (χ4n) is 2.40. The summed E-state index contributed by atoms with van der Waals surface area (Å²) in [5.74, 6) is -0.0826. The van der Waals surface area contributed by atoms with Crippen molar-refractivity contribution in [3.8, 4) is 0 Å². The van der Waals surface area contributed by atoms with Crippen LogP contribution in [-0.4, -0.2) is 5.91 Å². The van der Waals surface area contributed by atoms with Gasteiger partial charge in [-0.05, 0) is 36.1 Å². The zero-order chi connectivity index (χ0) is 14.7. The van der Waals surface area contributed by atoms with E-state index in [2.05, 4.69) is 5.48 Å². The lowest BCUT2D eigenvalue weighted by Crippen LogP contribution is -2.34. The molecule has 3 nitrogen and oxygen atoms in total. The van der Waals surface area contributed by atoms with E-state index in [0.29, 0.717) is 11.6 Å². The van der Waals surface area contributed by atoms with Crippen LogP contribution in [0.1, 0.15) is 24.0 Å². The maximum atomic E-state index is 12.3. The number of hydroxylamine groups is 1. The molecule has 2 aromatic carbocycles. The van der Waals surface area contributed by atoms with Crippen LogP contribution in [0.2, 0.25) is 5.02 Å². The molecule has 0 atom stereocenters. The third kappa shape index (κ3) is 3.09. The van der Waals surface area contributed by atoms with E-state index in [1.54, 1.807) is 0 Å². The number of hydrogen-bond donors (Lipinski definition) is 1. The Kier molecular flexibility index (Phi) is 3.95. The van der Waals surface area contributed by atoms with E-state index in [0.717, 1.165) is 24.0 Å². The highest BCUT2D eigenvalue weighted by Gasteiger charge is 2.51. The lowest BCUT2D eigenvalue weighted by Gasteiger charge is -2.15. The zero-order valence-corrected chi connectivity index (χ0v) is 12.3. The Morgan fingerprint density at radius 3 is 2.38 bits per heavy atom. The van der Waals surface area contributed by atoms with Crippen LogP contribution >= 0.6 is 11.6 Å². The number of carbonyl (C=O) groups is 1. The summed E-state index contributed by atoms with van der Waals surface area (Å²) in [4.78, 5) is 17.7.